The first-order valence-corrected chi connectivity index (χ1v) is 13.9. The second-order valence-corrected chi connectivity index (χ2v) is 13.5. The van der Waals surface area contributed by atoms with E-state index in [1.54, 1.807) is 21.0 Å². The van der Waals surface area contributed by atoms with Crippen LogP contribution in [0.25, 0.3) is 0 Å². The van der Waals surface area contributed by atoms with E-state index in [0.29, 0.717) is 50.5 Å². The summed E-state index contributed by atoms with van der Waals surface area (Å²) >= 11 is 0. The second kappa shape index (κ2) is 7.45. The number of fused-ring (bicyclic) bond motifs is 4. The molecule has 0 aromatic carbocycles. The third kappa shape index (κ3) is 2.67. The zero-order chi connectivity index (χ0) is 27.0. The molecule has 1 saturated heterocycles. The molecule has 11 unspecified atom stereocenters. The summed E-state index contributed by atoms with van der Waals surface area (Å²) in [7, 11) is 1.68. The number of ketones is 1. The molecule has 5 fully saturated rings. The van der Waals surface area contributed by atoms with Crippen molar-refractivity contribution < 1.29 is 39.1 Å². The summed E-state index contributed by atoms with van der Waals surface area (Å²) in [6.45, 7) is 8.99. The Hall–Kier alpha value is -1.32. The lowest BCUT2D eigenvalue weighted by atomic mass is 9.41. The quantitative estimate of drug-likeness (QED) is 0.385. The minimum Gasteiger partial charge on any atom is -0.455 e. The fraction of sp³-hybridized carbons (Fsp3) is 0.862. The summed E-state index contributed by atoms with van der Waals surface area (Å²) in [6.07, 6.45) is 2.30. The molecule has 0 aromatic rings. The second-order valence-electron chi connectivity index (χ2n) is 13.5. The average Bonchev–Trinajstić information content (AvgIpc) is 3.53. The monoisotopic (exact) mass is 518 g/mol. The van der Waals surface area contributed by atoms with Crippen LogP contribution in [-0.4, -0.2) is 74.9 Å². The van der Waals surface area contributed by atoms with E-state index >= 15 is 0 Å². The summed E-state index contributed by atoms with van der Waals surface area (Å²) in [5.74, 6) is -0.677. The topological polar surface area (TPSA) is 126 Å². The highest BCUT2D eigenvalue weighted by Gasteiger charge is 2.84. The van der Waals surface area contributed by atoms with Crippen molar-refractivity contribution in [3.8, 4) is 0 Å². The van der Waals surface area contributed by atoms with Crippen molar-refractivity contribution in [1.82, 2.24) is 0 Å². The first-order valence-electron chi connectivity index (χ1n) is 13.9. The largest absolute Gasteiger partial charge is 0.455 e. The smallest absolute Gasteiger partial charge is 0.334 e. The number of aliphatic hydroxyl groups is 3. The number of esters is 1. The lowest BCUT2D eigenvalue weighted by molar-refractivity contribution is -0.284. The number of ether oxygens (including phenoxy) is 3. The fourth-order valence-corrected chi connectivity index (χ4v) is 10.1. The summed E-state index contributed by atoms with van der Waals surface area (Å²) in [5, 5.41) is 36.9. The van der Waals surface area contributed by atoms with Gasteiger partial charge < -0.3 is 29.5 Å². The lowest BCUT2D eigenvalue weighted by Crippen LogP contribution is -2.74. The van der Waals surface area contributed by atoms with E-state index in [-0.39, 0.29) is 36.2 Å². The van der Waals surface area contributed by atoms with Crippen LogP contribution in [0.1, 0.15) is 86.0 Å². The first kappa shape index (κ1) is 25.9. The summed E-state index contributed by atoms with van der Waals surface area (Å²) < 4.78 is 17.9. The third-order valence-electron chi connectivity index (χ3n) is 12.7. The highest BCUT2D eigenvalue weighted by molar-refractivity contribution is 5.90. The number of carbonyl (C=O) groups is 2. The molecule has 11 atom stereocenters. The molecule has 206 valence electrons. The van der Waals surface area contributed by atoms with Gasteiger partial charge in [-0.2, -0.15) is 0 Å². The van der Waals surface area contributed by atoms with Gasteiger partial charge in [0.2, 0.25) is 0 Å². The Morgan fingerprint density at radius 3 is 2.41 bits per heavy atom. The van der Waals surface area contributed by atoms with E-state index in [2.05, 4.69) is 0 Å². The van der Waals surface area contributed by atoms with Crippen molar-refractivity contribution in [3.05, 3.63) is 11.1 Å². The van der Waals surface area contributed by atoms with Gasteiger partial charge in [0.15, 0.2) is 0 Å². The van der Waals surface area contributed by atoms with E-state index in [9.17, 15) is 24.9 Å². The van der Waals surface area contributed by atoms with E-state index in [4.69, 9.17) is 14.2 Å². The first-order chi connectivity index (χ1) is 17.2. The van der Waals surface area contributed by atoms with E-state index in [1.807, 2.05) is 20.8 Å². The van der Waals surface area contributed by atoms with Crippen LogP contribution >= 0.6 is 0 Å². The molecule has 2 aliphatic heterocycles. The molecular formula is C29H42O8. The Balaban J connectivity index is 1.38. The number of epoxide rings is 1. The molecule has 0 bridgehead atoms. The molecule has 1 spiro atoms. The molecule has 0 aromatic heterocycles. The van der Waals surface area contributed by atoms with Crippen molar-refractivity contribution >= 4 is 11.8 Å². The summed E-state index contributed by atoms with van der Waals surface area (Å²) in [5.41, 5.74) is -5.89. The molecule has 6 aliphatic rings. The molecular weight excluding hydrogens is 476 g/mol. The normalized spacial score (nSPS) is 54.5. The number of hydrogen-bond donors (Lipinski definition) is 3. The van der Waals surface area contributed by atoms with E-state index in [0.717, 1.165) is 5.57 Å². The number of rotatable bonds is 3. The number of hydrogen-bond acceptors (Lipinski definition) is 8. The highest BCUT2D eigenvalue weighted by Crippen LogP contribution is 2.75. The molecule has 4 aliphatic carbocycles. The molecule has 37 heavy (non-hydrogen) atoms. The minimum atomic E-state index is -1.78. The van der Waals surface area contributed by atoms with E-state index < -0.39 is 45.3 Å². The molecule has 4 saturated carbocycles. The van der Waals surface area contributed by atoms with Crippen LogP contribution in [0.5, 0.6) is 0 Å². The Kier molecular flexibility index (Phi) is 5.22. The Labute approximate surface area is 218 Å². The van der Waals surface area contributed by atoms with Crippen molar-refractivity contribution in [3.63, 3.8) is 0 Å². The van der Waals surface area contributed by atoms with Crippen molar-refractivity contribution in [2.45, 2.75) is 127 Å². The number of carbonyl (C=O) groups excluding carboxylic acids is 2. The van der Waals surface area contributed by atoms with Crippen LogP contribution in [0.3, 0.4) is 0 Å². The van der Waals surface area contributed by atoms with Crippen LogP contribution in [0, 0.1) is 22.7 Å². The summed E-state index contributed by atoms with van der Waals surface area (Å²) in [4.78, 5) is 26.1. The third-order valence-corrected chi connectivity index (χ3v) is 12.7. The zero-order valence-corrected chi connectivity index (χ0v) is 22.9. The zero-order valence-electron chi connectivity index (χ0n) is 22.9. The SMILES string of the molecule is COC1CCC(=O)C2(C)C3CCC4(C)C(O)(CCC4(O)C(C)(O)C4CC(C)=C(C)C(=O)O4)C3CC3OC132. The lowest BCUT2D eigenvalue weighted by Gasteiger charge is -2.64. The van der Waals surface area contributed by atoms with Gasteiger partial charge in [-0.15, -0.1) is 0 Å². The number of cyclic esters (lactones) is 1. The molecule has 8 heteroatoms. The van der Waals surface area contributed by atoms with Gasteiger partial charge in [0.25, 0.3) is 0 Å². The molecule has 0 radical (unpaired) electrons. The van der Waals surface area contributed by atoms with E-state index in [1.165, 1.54) is 0 Å². The van der Waals surface area contributed by atoms with Gasteiger partial charge in [-0.25, -0.2) is 4.79 Å². The van der Waals surface area contributed by atoms with Gasteiger partial charge in [-0.1, -0.05) is 12.5 Å². The molecule has 2 heterocycles. The Bertz CT molecular complexity index is 1100. The van der Waals surface area contributed by atoms with Crippen molar-refractivity contribution in [2.75, 3.05) is 7.11 Å². The van der Waals surface area contributed by atoms with Gasteiger partial charge >= 0.3 is 5.97 Å². The standard InChI is InChI=1S/C29H42O8/c1-15-13-21(36-23(31)16(15)2)26(5,32)28(34)12-11-27(33)18-14-22-29(37-22)20(35-6)8-7-19(30)25(29,4)17(18)9-10-24(27,28)3/h17-18,20-22,32-34H,7-14H2,1-6H3. The van der Waals surface area contributed by atoms with Crippen molar-refractivity contribution in [2.24, 2.45) is 22.7 Å². The molecule has 6 rings (SSSR count). The number of Topliss-reactive ketones (excluding diaryl/α,β-unsaturated/α-hetero) is 1. The van der Waals surface area contributed by atoms with Gasteiger partial charge in [-0.05, 0) is 78.1 Å². The number of methoxy groups -OCH3 is 1. The van der Waals surface area contributed by atoms with Crippen LogP contribution in [0.2, 0.25) is 0 Å². The average molecular weight is 519 g/mol. The highest BCUT2D eigenvalue weighted by atomic mass is 16.6. The summed E-state index contributed by atoms with van der Waals surface area (Å²) in [6, 6.07) is 0. The molecule has 8 nitrogen and oxygen atoms in total. The maximum atomic E-state index is 13.6. The Morgan fingerprint density at radius 2 is 1.76 bits per heavy atom. The predicted octanol–water partition coefficient (Wildman–Crippen LogP) is 2.60. The maximum Gasteiger partial charge on any atom is 0.334 e. The van der Waals surface area contributed by atoms with Gasteiger partial charge in [-0.3, -0.25) is 4.79 Å². The van der Waals surface area contributed by atoms with Crippen molar-refractivity contribution in [1.29, 1.82) is 0 Å². The van der Waals surface area contributed by atoms with Crippen LogP contribution < -0.4 is 0 Å². The van der Waals surface area contributed by atoms with Gasteiger partial charge in [0.1, 0.15) is 28.7 Å². The predicted molar refractivity (Wildman–Crippen MR) is 132 cm³/mol. The Morgan fingerprint density at radius 1 is 1.05 bits per heavy atom. The maximum absolute atomic E-state index is 13.6. The molecule has 0 amide bonds. The molecule has 3 N–H and O–H groups in total. The van der Waals surface area contributed by atoms with Crippen LogP contribution in [-0.2, 0) is 23.8 Å². The van der Waals surface area contributed by atoms with Gasteiger partial charge in [0.05, 0.1) is 23.2 Å². The minimum absolute atomic E-state index is 0.109. The fourth-order valence-electron chi connectivity index (χ4n) is 10.1. The van der Waals surface area contributed by atoms with Gasteiger partial charge in [0, 0.05) is 30.9 Å². The van der Waals surface area contributed by atoms with Crippen LogP contribution in [0.4, 0.5) is 0 Å². The van der Waals surface area contributed by atoms with Crippen LogP contribution in [0.15, 0.2) is 11.1 Å².